The minimum atomic E-state index is -3.50. The summed E-state index contributed by atoms with van der Waals surface area (Å²) in [5.41, 5.74) is 0.591. The van der Waals surface area contributed by atoms with Gasteiger partial charge in [0, 0.05) is 0 Å². The highest BCUT2D eigenvalue weighted by Crippen LogP contribution is 2.27. The highest BCUT2D eigenvalue weighted by Gasteiger charge is 2.28. The van der Waals surface area contributed by atoms with Gasteiger partial charge in [0.15, 0.2) is 9.84 Å². The number of benzene rings is 1. The van der Waals surface area contributed by atoms with Crippen LogP contribution in [-0.2, 0) is 9.84 Å². The molecule has 0 fully saturated rings. The maximum absolute atomic E-state index is 12.5. The molecule has 1 aliphatic carbocycles. The molecule has 0 saturated heterocycles. The summed E-state index contributed by atoms with van der Waals surface area (Å²) in [7, 11) is -3.50. The lowest BCUT2D eigenvalue weighted by Gasteiger charge is -2.18. The molecule has 0 saturated carbocycles. The average Bonchev–Trinajstić information content (AvgIpc) is 2.39. The summed E-state index contributed by atoms with van der Waals surface area (Å²) in [6.07, 6.45) is 5.93. The molecule has 0 radical (unpaired) electrons. The van der Waals surface area contributed by atoms with Crippen molar-refractivity contribution in [2.24, 2.45) is 0 Å². The first kappa shape index (κ1) is 13.8. The van der Waals surface area contributed by atoms with E-state index in [2.05, 4.69) is 0 Å². The molecule has 5 heteroatoms. The van der Waals surface area contributed by atoms with Crippen molar-refractivity contribution in [3.05, 3.63) is 41.5 Å². The zero-order valence-electron chi connectivity index (χ0n) is 10.7. The molecule has 0 spiro atoms. The molecule has 0 aromatic heterocycles. The van der Waals surface area contributed by atoms with Gasteiger partial charge in [0.05, 0.1) is 15.7 Å². The van der Waals surface area contributed by atoms with Crippen LogP contribution in [0.25, 0.3) is 0 Å². The molecule has 19 heavy (non-hydrogen) atoms. The highest BCUT2D eigenvalue weighted by atomic mass is 32.2. The molecule has 1 aromatic carbocycles. The Morgan fingerprint density at radius 2 is 2.11 bits per heavy atom. The first-order valence-electron chi connectivity index (χ1n) is 6.17. The number of carboxylic acids is 1. The number of sulfone groups is 1. The molecule has 1 N–H and O–H groups in total. The Bertz CT molecular complexity index is 629. The summed E-state index contributed by atoms with van der Waals surface area (Å²) in [4.78, 5) is 11.1. The van der Waals surface area contributed by atoms with E-state index in [1.807, 2.05) is 6.08 Å². The largest absolute Gasteiger partial charge is 0.478 e. The Hall–Kier alpha value is -1.62. The fourth-order valence-electron chi connectivity index (χ4n) is 2.24. The van der Waals surface area contributed by atoms with Crippen LogP contribution in [0.5, 0.6) is 0 Å². The van der Waals surface area contributed by atoms with Gasteiger partial charge >= 0.3 is 5.97 Å². The van der Waals surface area contributed by atoms with Crippen LogP contribution in [0.15, 0.2) is 35.2 Å². The van der Waals surface area contributed by atoms with E-state index >= 15 is 0 Å². The van der Waals surface area contributed by atoms with Crippen molar-refractivity contribution >= 4 is 15.8 Å². The van der Waals surface area contributed by atoms with E-state index in [0.717, 1.165) is 12.8 Å². The van der Waals surface area contributed by atoms with Gasteiger partial charge in [-0.3, -0.25) is 0 Å². The molecule has 0 bridgehead atoms. The van der Waals surface area contributed by atoms with Gasteiger partial charge < -0.3 is 5.11 Å². The number of hydrogen-bond donors (Lipinski definition) is 1. The molecule has 0 amide bonds. The summed E-state index contributed by atoms with van der Waals surface area (Å²) in [6, 6.07) is 4.23. The Kier molecular flexibility index (Phi) is 3.75. The molecule has 0 aliphatic heterocycles. The topological polar surface area (TPSA) is 71.4 Å². The quantitative estimate of drug-likeness (QED) is 0.864. The summed E-state index contributed by atoms with van der Waals surface area (Å²) >= 11 is 0. The zero-order valence-corrected chi connectivity index (χ0v) is 11.5. The van der Waals surface area contributed by atoms with Crippen molar-refractivity contribution in [2.75, 3.05) is 0 Å². The predicted octanol–water partition coefficient (Wildman–Crippen LogP) is 2.58. The van der Waals surface area contributed by atoms with E-state index in [0.29, 0.717) is 12.0 Å². The second kappa shape index (κ2) is 5.17. The Labute approximate surface area is 112 Å². The van der Waals surface area contributed by atoms with Crippen LogP contribution in [0, 0.1) is 6.92 Å². The number of carboxylic acid groups (broad SMARTS) is 1. The van der Waals surface area contributed by atoms with Gasteiger partial charge in [0.25, 0.3) is 0 Å². The fraction of sp³-hybridized carbons (Fsp3) is 0.357. The maximum atomic E-state index is 12.5. The van der Waals surface area contributed by atoms with Gasteiger partial charge in [0.2, 0.25) is 0 Å². The predicted molar refractivity (Wildman–Crippen MR) is 72.1 cm³/mol. The maximum Gasteiger partial charge on any atom is 0.335 e. The number of hydrogen-bond acceptors (Lipinski definition) is 3. The van der Waals surface area contributed by atoms with Gasteiger partial charge in [-0.15, -0.1) is 0 Å². The SMILES string of the molecule is Cc1ccc(C(=O)O)cc1S(=O)(=O)C1C=CCCC1. The summed E-state index contributed by atoms with van der Waals surface area (Å²) in [5, 5.41) is 8.43. The molecule has 0 heterocycles. The molecule has 2 rings (SSSR count). The second-order valence-electron chi connectivity index (χ2n) is 4.73. The minimum absolute atomic E-state index is 0.00367. The molecular weight excluding hydrogens is 264 g/mol. The fourth-order valence-corrected chi connectivity index (χ4v) is 4.17. The van der Waals surface area contributed by atoms with E-state index in [4.69, 9.17) is 5.11 Å². The van der Waals surface area contributed by atoms with Crippen LogP contribution in [-0.4, -0.2) is 24.7 Å². The van der Waals surface area contributed by atoms with Gasteiger partial charge in [-0.2, -0.15) is 0 Å². The second-order valence-corrected chi connectivity index (χ2v) is 6.86. The van der Waals surface area contributed by atoms with E-state index in [9.17, 15) is 13.2 Å². The number of rotatable bonds is 3. The van der Waals surface area contributed by atoms with E-state index < -0.39 is 21.1 Å². The molecule has 1 aliphatic rings. The van der Waals surface area contributed by atoms with Gasteiger partial charge in [-0.1, -0.05) is 18.2 Å². The Morgan fingerprint density at radius 3 is 2.68 bits per heavy atom. The summed E-state index contributed by atoms with van der Waals surface area (Å²) in [6.45, 7) is 1.69. The number of aromatic carboxylic acids is 1. The lowest BCUT2D eigenvalue weighted by Crippen LogP contribution is -2.22. The Morgan fingerprint density at radius 1 is 1.37 bits per heavy atom. The van der Waals surface area contributed by atoms with Crippen LogP contribution < -0.4 is 0 Å². The number of allylic oxidation sites excluding steroid dienone is 1. The first-order valence-corrected chi connectivity index (χ1v) is 7.72. The minimum Gasteiger partial charge on any atom is -0.478 e. The van der Waals surface area contributed by atoms with Crippen LogP contribution in [0.2, 0.25) is 0 Å². The van der Waals surface area contributed by atoms with E-state index in [1.54, 1.807) is 19.1 Å². The van der Waals surface area contributed by atoms with Crippen LogP contribution in [0.4, 0.5) is 0 Å². The normalized spacial score (nSPS) is 19.3. The number of aryl methyl sites for hydroxylation is 1. The van der Waals surface area contributed by atoms with Crippen molar-refractivity contribution < 1.29 is 18.3 Å². The monoisotopic (exact) mass is 280 g/mol. The van der Waals surface area contributed by atoms with Gasteiger partial charge in [-0.25, -0.2) is 13.2 Å². The first-order chi connectivity index (χ1) is 8.93. The standard InChI is InChI=1S/C14H16O4S/c1-10-7-8-11(14(15)16)9-13(10)19(17,18)12-5-3-2-4-6-12/h3,5,7-9,12H,2,4,6H2,1H3,(H,15,16). The highest BCUT2D eigenvalue weighted by molar-refractivity contribution is 7.92. The third-order valence-electron chi connectivity index (χ3n) is 3.35. The summed E-state index contributed by atoms with van der Waals surface area (Å²) < 4.78 is 25.1. The van der Waals surface area contributed by atoms with Crippen LogP contribution >= 0.6 is 0 Å². The lowest BCUT2D eigenvalue weighted by atomic mass is 10.1. The van der Waals surface area contributed by atoms with Crippen LogP contribution in [0.3, 0.4) is 0 Å². The Balaban J connectivity index is 2.50. The van der Waals surface area contributed by atoms with Gasteiger partial charge in [0.1, 0.15) is 0 Å². The average molecular weight is 280 g/mol. The van der Waals surface area contributed by atoms with Crippen molar-refractivity contribution in [3.8, 4) is 0 Å². The third kappa shape index (κ3) is 2.71. The molecule has 1 atom stereocenters. The molecule has 1 aromatic rings. The van der Waals surface area contributed by atoms with Crippen molar-refractivity contribution in [2.45, 2.75) is 36.3 Å². The van der Waals surface area contributed by atoms with E-state index in [-0.39, 0.29) is 10.5 Å². The smallest absolute Gasteiger partial charge is 0.335 e. The third-order valence-corrected chi connectivity index (χ3v) is 5.59. The van der Waals surface area contributed by atoms with Crippen molar-refractivity contribution in [1.29, 1.82) is 0 Å². The van der Waals surface area contributed by atoms with E-state index in [1.165, 1.54) is 12.1 Å². The molecule has 102 valence electrons. The lowest BCUT2D eigenvalue weighted by molar-refractivity contribution is 0.0696. The zero-order chi connectivity index (χ0) is 14.0. The molecular formula is C14H16O4S. The summed E-state index contributed by atoms with van der Waals surface area (Å²) in [5.74, 6) is -1.12. The molecule has 4 nitrogen and oxygen atoms in total. The van der Waals surface area contributed by atoms with Crippen LogP contribution in [0.1, 0.15) is 35.2 Å². The molecule has 1 unspecified atom stereocenters. The van der Waals surface area contributed by atoms with Gasteiger partial charge in [-0.05, 0) is 43.9 Å². The van der Waals surface area contributed by atoms with Crippen molar-refractivity contribution in [3.63, 3.8) is 0 Å². The number of carbonyl (C=O) groups is 1. The van der Waals surface area contributed by atoms with Crippen molar-refractivity contribution in [1.82, 2.24) is 0 Å².